The summed E-state index contributed by atoms with van der Waals surface area (Å²) in [5.41, 5.74) is 1.04. The number of amides is 1. The molecule has 0 bridgehead atoms. The van der Waals surface area contributed by atoms with E-state index < -0.39 is 26.0 Å². The van der Waals surface area contributed by atoms with Crippen LogP contribution < -0.4 is 9.67 Å². The van der Waals surface area contributed by atoms with Crippen LogP contribution in [0.5, 0.6) is 5.75 Å². The molecule has 2 aromatic rings. The molecule has 0 saturated heterocycles. The van der Waals surface area contributed by atoms with Crippen molar-refractivity contribution in [2.45, 2.75) is 26.2 Å². The molecule has 0 aromatic heterocycles. The zero-order valence-corrected chi connectivity index (χ0v) is 16.1. The van der Waals surface area contributed by atoms with Crippen molar-refractivity contribution in [2.24, 2.45) is 0 Å². The van der Waals surface area contributed by atoms with Crippen LogP contribution in [0, 0.1) is 0 Å². The number of phenols is 1. The zero-order valence-electron chi connectivity index (χ0n) is 14.2. The van der Waals surface area contributed by atoms with Gasteiger partial charge in [-0.05, 0) is 0 Å². The predicted molar refractivity (Wildman–Crippen MR) is 96.2 cm³/mol. The van der Waals surface area contributed by atoms with E-state index in [1.807, 2.05) is 30.3 Å². The van der Waals surface area contributed by atoms with Gasteiger partial charge in [-0.1, -0.05) is 0 Å². The molecular formula is C18H20AsNO6. The molecule has 1 atom stereocenters. The first-order valence-corrected chi connectivity index (χ1v) is 11.3. The van der Waals surface area contributed by atoms with Crippen LogP contribution in [0.2, 0.25) is 0 Å². The molecule has 0 saturated carbocycles. The SMILES string of the molecule is CC(=O)Nc1cc([As](=O)(O)OC(=O)CCCc2ccccc2)ccc1O. The molecule has 1 amide bonds. The number of carbonyl (C=O) groups excluding carboxylic acids is 2. The summed E-state index contributed by atoms with van der Waals surface area (Å²) < 4.78 is 27.2. The molecule has 7 nitrogen and oxygen atoms in total. The summed E-state index contributed by atoms with van der Waals surface area (Å²) >= 11 is -5.12. The van der Waals surface area contributed by atoms with Gasteiger partial charge in [-0.25, -0.2) is 0 Å². The third-order valence-electron chi connectivity index (χ3n) is 3.53. The van der Waals surface area contributed by atoms with Crippen LogP contribution in [-0.4, -0.2) is 35.3 Å². The standard InChI is InChI=1S/C18H20AsNO6/c1-13(21)20-16-12-15(10-11-17(16)22)19(24,25)26-18(23)9-5-8-14-6-3-2-4-7-14/h2-4,6-7,10-12,22H,5,8-9H2,1H3,(H,20,21)(H,24,25). The molecule has 2 rings (SSSR count). The molecule has 1 unspecified atom stereocenters. The van der Waals surface area contributed by atoms with Crippen LogP contribution in [0.3, 0.4) is 0 Å². The summed E-state index contributed by atoms with van der Waals surface area (Å²) in [6.45, 7) is 1.24. The van der Waals surface area contributed by atoms with Crippen LogP contribution in [0.4, 0.5) is 5.69 Å². The van der Waals surface area contributed by atoms with Crippen molar-refractivity contribution in [2.75, 3.05) is 5.32 Å². The van der Waals surface area contributed by atoms with Crippen LogP contribution in [-0.2, 0) is 23.5 Å². The Morgan fingerprint density at radius 1 is 1.15 bits per heavy atom. The fourth-order valence-corrected chi connectivity index (χ4v) is 4.46. The van der Waals surface area contributed by atoms with E-state index in [2.05, 4.69) is 5.32 Å². The molecule has 0 radical (unpaired) electrons. The van der Waals surface area contributed by atoms with Gasteiger partial charge in [0.05, 0.1) is 0 Å². The molecule has 0 heterocycles. The van der Waals surface area contributed by atoms with Crippen molar-refractivity contribution < 1.29 is 26.3 Å². The van der Waals surface area contributed by atoms with Crippen LogP contribution >= 0.6 is 0 Å². The van der Waals surface area contributed by atoms with Gasteiger partial charge >= 0.3 is 154 Å². The number of hydrogen-bond donors (Lipinski definition) is 3. The maximum absolute atomic E-state index is 12.4. The first-order chi connectivity index (χ1) is 12.3. The van der Waals surface area contributed by atoms with E-state index in [9.17, 15) is 22.5 Å². The second-order valence-corrected chi connectivity index (χ2v) is 9.36. The number of aromatic hydroxyl groups is 1. The van der Waals surface area contributed by atoms with Crippen molar-refractivity contribution in [1.82, 2.24) is 0 Å². The van der Waals surface area contributed by atoms with Crippen molar-refractivity contribution >= 4 is 36.1 Å². The number of nitrogens with one attached hydrogen (secondary N) is 1. The Kier molecular flexibility index (Phi) is 6.66. The summed E-state index contributed by atoms with van der Waals surface area (Å²) in [7, 11) is 0. The summed E-state index contributed by atoms with van der Waals surface area (Å²) in [6, 6.07) is 13.1. The number of aryl methyl sites for hydroxylation is 1. The molecule has 0 fully saturated rings. The van der Waals surface area contributed by atoms with Gasteiger partial charge in [0.25, 0.3) is 0 Å². The maximum atomic E-state index is 12.4. The molecule has 0 aliphatic rings. The Balaban J connectivity index is 1.97. The normalized spacial score (nSPS) is 12.8. The average Bonchev–Trinajstić information content (AvgIpc) is 2.57. The molecule has 0 spiro atoms. The van der Waals surface area contributed by atoms with Gasteiger partial charge < -0.3 is 0 Å². The predicted octanol–water partition coefficient (Wildman–Crippen LogP) is 1.49. The van der Waals surface area contributed by atoms with Crippen molar-refractivity contribution in [1.29, 1.82) is 0 Å². The van der Waals surface area contributed by atoms with Crippen molar-refractivity contribution in [3.05, 3.63) is 54.1 Å². The minimum absolute atomic E-state index is 0.0113. The quantitative estimate of drug-likeness (QED) is 0.461. The van der Waals surface area contributed by atoms with E-state index >= 15 is 0 Å². The van der Waals surface area contributed by atoms with E-state index in [4.69, 9.17) is 3.73 Å². The van der Waals surface area contributed by atoms with Gasteiger partial charge in [-0.15, -0.1) is 0 Å². The second kappa shape index (κ2) is 8.74. The third kappa shape index (κ3) is 5.79. The fourth-order valence-electron chi connectivity index (χ4n) is 2.31. The van der Waals surface area contributed by atoms with E-state index in [-0.39, 0.29) is 22.2 Å². The number of hydrogen-bond acceptors (Lipinski definition) is 5. The summed E-state index contributed by atoms with van der Waals surface area (Å²) in [4.78, 5) is 23.0. The van der Waals surface area contributed by atoms with Crippen LogP contribution in [0.1, 0.15) is 25.3 Å². The summed E-state index contributed by atoms with van der Waals surface area (Å²) in [6.07, 6.45) is 1.16. The monoisotopic (exact) mass is 421 g/mol. The van der Waals surface area contributed by atoms with E-state index in [0.717, 1.165) is 17.7 Å². The van der Waals surface area contributed by atoms with E-state index in [1.54, 1.807) is 0 Å². The Bertz CT molecular complexity index is 837. The molecular weight excluding hydrogens is 401 g/mol. The third-order valence-corrected chi connectivity index (χ3v) is 6.43. The van der Waals surface area contributed by atoms with E-state index in [1.165, 1.54) is 13.0 Å². The molecule has 138 valence electrons. The minimum atomic E-state index is -5.12. The molecule has 3 N–H and O–H groups in total. The number of anilines is 1. The number of phenolic OH excluding ortho intramolecular Hbond substituents is 1. The Morgan fingerprint density at radius 3 is 2.50 bits per heavy atom. The second-order valence-electron chi connectivity index (χ2n) is 5.71. The van der Waals surface area contributed by atoms with Crippen LogP contribution in [0.15, 0.2) is 48.5 Å². The summed E-state index contributed by atoms with van der Waals surface area (Å²) in [5.74, 6) is -1.47. The Morgan fingerprint density at radius 2 is 1.85 bits per heavy atom. The average molecular weight is 421 g/mol. The topological polar surface area (TPSA) is 113 Å². The molecule has 8 heteroatoms. The number of benzene rings is 2. The van der Waals surface area contributed by atoms with Crippen LogP contribution in [0.25, 0.3) is 0 Å². The van der Waals surface area contributed by atoms with Gasteiger partial charge in [-0.2, -0.15) is 0 Å². The van der Waals surface area contributed by atoms with Gasteiger partial charge in [0.1, 0.15) is 0 Å². The first-order valence-electron chi connectivity index (χ1n) is 7.98. The Hall–Kier alpha value is -2.50. The van der Waals surface area contributed by atoms with Gasteiger partial charge in [0, 0.05) is 0 Å². The number of rotatable bonds is 7. The zero-order chi connectivity index (χ0) is 19.2. The van der Waals surface area contributed by atoms with Crippen molar-refractivity contribution in [3.63, 3.8) is 0 Å². The first kappa shape index (κ1) is 19.8. The van der Waals surface area contributed by atoms with E-state index in [0.29, 0.717) is 12.8 Å². The molecule has 0 aliphatic heterocycles. The molecule has 0 aliphatic carbocycles. The fraction of sp³-hybridized carbons (Fsp3) is 0.222. The van der Waals surface area contributed by atoms with Crippen molar-refractivity contribution in [3.8, 4) is 5.75 Å². The van der Waals surface area contributed by atoms with Gasteiger partial charge in [0.15, 0.2) is 0 Å². The Labute approximate surface area is 154 Å². The number of carbonyl (C=O) groups is 2. The van der Waals surface area contributed by atoms with Gasteiger partial charge in [0.2, 0.25) is 0 Å². The summed E-state index contributed by atoms with van der Waals surface area (Å²) in [5, 5.41) is 12.0. The van der Waals surface area contributed by atoms with Gasteiger partial charge in [-0.3, -0.25) is 0 Å². The molecule has 26 heavy (non-hydrogen) atoms. The molecule has 2 aromatic carbocycles.